The fraction of sp³-hybridized carbons (Fsp3) is 0.632. The van der Waals surface area contributed by atoms with Crippen molar-refractivity contribution >= 4 is 17.2 Å². The molecular weight excluding hydrogens is 338 g/mol. The minimum Gasteiger partial charge on any atom is -0.459 e. The summed E-state index contributed by atoms with van der Waals surface area (Å²) >= 11 is 1.69. The maximum absolute atomic E-state index is 12.8. The van der Waals surface area contributed by atoms with E-state index in [1.165, 1.54) is 4.88 Å². The molecule has 0 bridgehead atoms. The number of hydrogen-bond acceptors (Lipinski definition) is 5. The number of aliphatic hydroxyl groups is 1. The van der Waals surface area contributed by atoms with Gasteiger partial charge in [-0.05, 0) is 50.1 Å². The number of carbonyl (C=O) groups excluding carboxylic acids is 1. The highest BCUT2D eigenvalue weighted by Crippen LogP contribution is 2.41. The second kappa shape index (κ2) is 8.83. The quantitative estimate of drug-likeness (QED) is 0.807. The van der Waals surface area contributed by atoms with Crippen molar-refractivity contribution in [1.29, 1.82) is 0 Å². The van der Waals surface area contributed by atoms with Gasteiger partial charge in [-0.2, -0.15) is 0 Å². The van der Waals surface area contributed by atoms with E-state index >= 15 is 0 Å². The zero-order valence-electron chi connectivity index (χ0n) is 14.7. The van der Waals surface area contributed by atoms with Gasteiger partial charge in [0.1, 0.15) is 0 Å². The Morgan fingerprint density at radius 2 is 2.24 bits per heavy atom. The van der Waals surface area contributed by atoms with Gasteiger partial charge < -0.3 is 19.5 Å². The van der Waals surface area contributed by atoms with Crippen LogP contribution in [0.5, 0.6) is 0 Å². The molecule has 1 fully saturated rings. The average molecular weight is 365 g/mol. The van der Waals surface area contributed by atoms with Crippen molar-refractivity contribution in [2.24, 2.45) is 5.92 Å². The third-order valence-electron chi connectivity index (χ3n) is 4.89. The fourth-order valence-corrected chi connectivity index (χ4v) is 4.52. The number of amides is 1. The van der Waals surface area contributed by atoms with E-state index in [9.17, 15) is 9.90 Å². The molecule has 2 aliphatic heterocycles. The van der Waals surface area contributed by atoms with Crippen LogP contribution < -0.4 is 0 Å². The third-order valence-corrected chi connectivity index (χ3v) is 5.86. The topological polar surface area (TPSA) is 59.0 Å². The van der Waals surface area contributed by atoms with Crippen molar-refractivity contribution in [1.82, 2.24) is 4.90 Å². The Morgan fingerprint density at radius 1 is 1.44 bits per heavy atom. The SMILES string of the molecule is CCO[C@@H]1OC(C(=O)N2CCCC2)=C[C@H](c2cccs2)[C@H]1CCCO. The van der Waals surface area contributed by atoms with Crippen LogP contribution in [0.1, 0.15) is 43.4 Å². The van der Waals surface area contributed by atoms with Gasteiger partial charge in [0.15, 0.2) is 5.76 Å². The average Bonchev–Trinajstić information content (AvgIpc) is 3.33. The van der Waals surface area contributed by atoms with E-state index < -0.39 is 6.29 Å². The maximum atomic E-state index is 12.8. The van der Waals surface area contributed by atoms with E-state index in [0.29, 0.717) is 18.8 Å². The molecule has 1 N–H and O–H groups in total. The lowest BCUT2D eigenvalue weighted by Crippen LogP contribution is -2.39. The number of thiophene rings is 1. The largest absolute Gasteiger partial charge is 0.459 e. The normalized spacial score (nSPS) is 26.4. The number of allylic oxidation sites excluding steroid dienone is 1. The summed E-state index contributed by atoms with van der Waals surface area (Å²) in [5, 5.41) is 11.3. The van der Waals surface area contributed by atoms with Crippen LogP contribution in [0.25, 0.3) is 0 Å². The molecule has 25 heavy (non-hydrogen) atoms. The minimum absolute atomic E-state index is 0.0237. The predicted octanol–water partition coefficient (Wildman–Crippen LogP) is 3.12. The molecule has 6 heteroatoms. The summed E-state index contributed by atoms with van der Waals surface area (Å²) in [7, 11) is 0. The van der Waals surface area contributed by atoms with Crippen molar-refractivity contribution in [3.05, 3.63) is 34.2 Å². The first-order valence-electron chi connectivity index (χ1n) is 9.18. The van der Waals surface area contributed by atoms with E-state index in [0.717, 1.165) is 32.4 Å². The first kappa shape index (κ1) is 18.4. The summed E-state index contributed by atoms with van der Waals surface area (Å²) in [6.07, 6.45) is 5.14. The van der Waals surface area contributed by atoms with Crippen LogP contribution in [0.3, 0.4) is 0 Å². The molecule has 138 valence electrons. The summed E-state index contributed by atoms with van der Waals surface area (Å²) in [5.74, 6) is 0.572. The minimum atomic E-state index is -0.449. The second-order valence-corrected chi connectivity index (χ2v) is 7.52. The summed E-state index contributed by atoms with van der Waals surface area (Å²) in [5.41, 5.74) is 0. The lowest BCUT2D eigenvalue weighted by Gasteiger charge is -2.37. The Labute approximate surface area is 153 Å². The van der Waals surface area contributed by atoms with Gasteiger partial charge in [-0.25, -0.2) is 0 Å². The second-order valence-electron chi connectivity index (χ2n) is 6.54. The molecule has 0 saturated carbocycles. The van der Waals surface area contributed by atoms with Gasteiger partial charge in [-0.3, -0.25) is 4.79 Å². The molecule has 1 aromatic heterocycles. The third kappa shape index (κ3) is 4.25. The standard InChI is InChI=1S/C19H27NO4S/c1-2-23-19-14(7-5-11-21)15(17-8-6-12-25-17)13-16(24-19)18(22)20-9-3-4-10-20/h6,8,12-15,19,21H,2-5,7,9-11H2,1H3/t14-,15+,19-/m1/s1. The molecule has 0 aliphatic carbocycles. The Hall–Kier alpha value is -1.37. The summed E-state index contributed by atoms with van der Waals surface area (Å²) in [6, 6.07) is 4.13. The van der Waals surface area contributed by atoms with Crippen molar-refractivity contribution in [2.45, 2.75) is 44.8 Å². The van der Waals surface area contributed by atoms with Crippen LogP contribution in [0.2, 0.25) is 0 Å². The highest BCUT2D eigenvalue weighted by molar-refractivity contribution is 7.10. The maximum Gasteiger partial charge on any atom is 0.288 e. The van der Waals surface area contributed by atoms with Crippen LogP contribution in [-0.4, -0.2) is 48.5 Å². The lowest BCUT2D eigenvalue weighted by molar-refractivity contribution is -0.169. The van der Waals surface area contributed by atoms with E-state index in [-0.39, 0.29) is 24.3 Å². The monoisotopic (exact) mass is 365 g/mol. The van der Waals surface area contributed by atoms with Crippen LogP contribution in [0, 0.1) is 5.92 Å². The first-order chi connectivity index (χ1) is 12.2. The van der Waals surface area contributed by atoms with Crippen molar-refractivity contribution in [3.63, 3.8) is 0 Å². The van der Waals surface area contributed by atoms with Crippen molar-refractivity contribution < 1.29 is 19.4 Å². The van der Waals surface area contributed by atoms with E-state index in [2.05, 4.69) is 11.4 Å². The number of likely N-dealkylation sites (tertiary alicyclic amines) is 1. The molecule has 5 nitrogen and oxygen atoms in total. The predicted molar refractivity (Wildman–Crippen MR) is 97.3 cm³/mol. The zero-order chi connectivity index (χ0) is 17.6. The van der Waals surface area contributed by atoms with Gasteiger partial charge in [0, 0.05) is 43.0 Å². The summed E-state index contributed by atoms with van der Waals surface area (Å²) < 4.78 is 11.9. The van der Waals surface area contributed by atoms with Crippen LogP contribution >= 0.6 is 11.3 Å². The number of carbonyl (C=O) groups is 1. The number of ether oxygens (including phenoxy) is 2. The molecule has 0 radical (unpaired) electrons. The van der Waals surface area contributed by atoms with Gasteiger partial charge in [0.2, 0.25) is 6.29 Å². The molecule has 3 heterocycles. The Bertz CT molecular complexity index is 580. The highest BCUT2D eigenvalue weighted by atomic mass is 32.1. The molecule has 3 rings (SSSR count). The first-order valence-corrected chi connectivity index (χ1v) is 10.1. The molecular formula is C19H27NO4S. The molecule has 1 aromatic rings. The Morgan fingerprint density at radius 3 is 2.88 bits per heavy atom. The molecule has 2 aliphatic rings. The van der Waals surface area contributed by atoms with E-state index in [4.69, 9.17) is 9.47 Å². The smallest absolute Gasteiger partial charge is 0.288 e. The van der Waals surface area contributed by atoms with E-state index in [1.807, 2.05) is 24.0 Å². The summed E-state index contributed by atoms with van der Waals surface area (Å²) in [4.78, 5) is 15.9. The van der Waals surface area contributed by atoms with Crippen LogP contribution in [0.4, 0.5) is 0 Å². The molecule has 3 atom stereocenters. The number of hydrogen-bond donors (Lipinski definition) is 1. The number of rotatable bonds is 7. The molecule has 1 amide bonds. The Kier molecular flexibility index (Phi) is 6.51. The van der Waals surface area contributed by atoms with E-state index in [1.54, 1.807) is 11.3 Å². The number of aliphatic hydroxyl groups excluding tert-OH is 1. The summed E-state index contributed by atoms with van der Waals surface area (Å²) in [6.45, 7) is 4.22. The van der Waals surface area contributed by atoms with Crippen molar-refractivity contribution in [2.75, 3.05) is 26.3 Å². The highest BCUT2D eigenvalue weighted by Gasteiger charge is 2.39. The lowest BCUT2D eigenvalue weighted by atomic mass is 9.84. The molecule has 0 aromatic carbocycles. The molecule has 0 spiro atoms. The fourth-order valence-electron chi connectivity index (χ4n) is 3.64. The van der Waals surface area contributed by atoms with Gasteiger partial charge in [-0.15, -0.1) is 11.3 Å². The number of nitrogens with zero attached hydrogens (tertiary/aromatic N) is 1. The Balaban J connectivity index is 1.88. The molecule has 1 saturated heterocycles. The van der Waals surface area contributed by atoms with Crippen molar-refractivity contribution in [3.8, 4) is 0 Å². The van der Waals surface area contributed by atoms with Gasteiger partial charge in [-0.1, -0.05) is 6.07 Å². The van der Waals surface area contributed by atoms with Gasteiger partial charge >= 0.3 is 0 Å². The van der Waals surface area contributed by atoms with Gasteiger partial charge in [0.05, 0.1) is 0 Å². The van der Waals surface area contributed by atoms with Gasteiger partial charge in [0.25, 0.3) is 5.91 Å². The van der Waals surface area contributed by atoms with Crippen LogP contribution in [-0.2, 0) is 14.3 Å². The zero-order valence-corrected chi connectivity index (χ0v) is 15.5. The van der Waals surface area contributed by atoms with Crippen LogP contribution in [0.15, 0.2) is 29.3 Å². The molecule has 0 unspecified atom stereocenters.